The van der Waals surface area contributed by atoms with Gasteiger partial charge in [-0.15, -0.1) is 12.4 Å². The van der Waals surface area contributed by atoms with Crippen LogP contribution in [0.1, 0.15) is 26.2 Å². The van der Waals surface area contributed by atoms with Crippen molar-refractivity contribution in [3.8, 4) is 0 Å². The Balaban J connectivity index is 0.00000264. The Bertz CT molecular complexity index is 515. The van der Waals surface area contributed by atoms with Gasteiger partial charge in [-0.3, -0.25) is 14.3 Å². The van der Waals surface area contributed by atoms with Gasteiger partial charge in [0.2, 0.25) is 5.91 Å². The zero-order chi connectivity index (χ0) is 15.9. The highest BCUT2D eigenvalue weighted by Crippen LogP contribution is 2.24. The third-order valence-electron chi connectivity index (χ3n) is 4.12. The van der Waals surface area contributed by atoms with Crippen LogP contribution in [0.2, 0.25) is 0 Å². The van der Waals surface area contributed by atoms with Crippen molar-refractivity contribution in [2.75, 3.05) is 25.5 Å². The topological polar surface area (TPSA) is 85.2 Å². The fourth-order valence-electron chi connectivity index (χ4n) is 2.78. The molecule has 0 radical (unpaired) electrons. The number of methoxy groups -OCH3 is 1. The van der Waals surface area contributed by atoms with Crippen LogP contribution in [-0.2, 0) is 20.9 Å². The lowest BCUT2D eigenvalue weighted by Crippen LogP contribution is -2.32. The van der Waals surface area contributed by atoms with Gasteiger partial charge in [0.15, 0.2) is 5.82 Å². The minimum Gasteiger partial charge on any atom is -0.468 e. The van der Waals surface area contributed by atoms with E-state index in [9.17, 15) is 9.59 Å². The maximum atomic E-state index is 12.1. The van der Waals surface area contributed by atoms with E-state index in [0.29, 0.717) is 24.1 Å². The molecule has 1 fully saturated rings. The van der Waals surface area contributed by atoms with E-state index < -0.39 is 0 Å². The molecule has 0 saturated carbocycles. The van der Waals surface area contributed by atoms with Gasteiger partial charge < -0.3 is 15.4 Å². The highest BCUT2D eigenvalue weighted by molar-refractivity contribution is 5.89. The van der Waals surface area contributed by atoms with Gasteiger partial charge in [0.25, 0.3) is 0 Å². The summed E-state index contributed by atoms with van der Waals surface area (Å²) in [7, 11) is 1.33. The third kappa shape index (κ3) is 6.19. The van der Waals surface area contributed by atoms with Crippen LogP contribution < -0.4 is 10.6 Å². The fraction of sp³-hybridized carbons (Fsp3) is 0.667. The molecule has 1 amide bonds. The number of carbonyl (C=O) groups is 2. The van der Waals surface area contributed by atoms with Crippen molar-refractivity contribution < 1.29 is 14.3 Å². The Morgan fingerprint density at radius 1 is 1.48 bits per heavy atom. The van der Waals surface area contributed by atoms with Gasteiger partial charge in [-0.05, 0) is 37.8 Å². The van der Waals surface area contributed by atoms with E-state index in [1.54, 1.807) is 12.3 Å². The third-order valence-corrected chi connectivity index (χ3v) is 4.12. The number of amides is 1. The molecule has 23 heavy (non-hydrogen) atoms. The highest BCUT2D eigenvalue weighted by Gasteiger charge is 2.22. The fourth-order valence-corrected chi connectivity index (χ4v) is 2.78. The van der Waals surface area contributed by atoms with Crippen LogP contribution in [0.25, 0.3) is 0 Å². The molecule has 1 aromatic heterocycles. The summed E-state index contributed by atoms with van der Waals surface area (Å²) in [6.45, 7) is 4.24. The van der Waals surface area contributed by atoms with E-state index in [-0.39, 0.29) is 30.8 Å². The van der Waals surface area contributed by atoms with Gasteiger partial charge in [0.05, 0.1) is 7.11 Å². The van der Waals surface area contributed by atoms with Gasteiger partial charge >= 0.3 is 5.97 Å². The number of hydrogen-bond donors (Lipinski definition) is 2. The van der Waals surface area contributed by atoms with Crippen molar-refractivity contribution in [2.45, 2.75) is 32.7 Å². The molecular weight excluding hydrogens is 320 g/mol. The lowest BCUT2D eigenvalue weighted by atomic mass is 9.84. The predicted molar refractivity (Wildman–Crippen MR) is 89.5 cm³/mol. The number of esters is 1. The molecule has 130 valence electrons. The minimum absolute atomic E-state index is 0. The van der Waals surface area contributed by atoms with Gasteiger partial charge in [0.1, 0.15) is 6.54 Å². The first-order valence-corrected chi connectivity index (χ1v) is 7.69. The van der Waals surface area contributed by atoms with Crippen molar-refractivity contribution >= 4 is 30.1 Å². The average Bonchev–Trinajstić information content (AvgIpc) is 2.94. The van der Waals surface area contributed by atoms with Crippen LogP contribution in [0, 0.1) is 11.8 Å². The number of carbonyl (C=O) groups excluding carboxylic acids is 2. The number of anilines is 1. The molecule has 1 aromatic rings. The molecular formula is C15H25ClN4O3. The zero-order valence-electron chi connectivity index (χ0n) is 13.6. The molecule has 0 bridgehead atoms. The summed E-state index contributed by atoms with van der Waals surface area (Å²) in [5, 5.41) is 10.3. The SMILES string of the molecule is COC(=O)Cn1ccc(NC(=O)CC(C)C2CCNCC2)n1.Cl. The molecule has 1 saturated heterocycles. The summed E-state index contributed by atoms with van der Waals surface area (Å²) in [6, 6.07) is 1.68. The van der Waals surface area contributed by atoms with Crippen LogP contribution in [0.5, 0.6) is 0 Å². The summed E-state index contributed by atoms with van der Waals surface area (Å²) >= 11 is 0. The summed E-state index contributed by atoms with van der Waals surface area (Å²) in [4.78, 5) is 23.2. The molecule has 2 rings (SSSR count). The Morgan fingerprint density at radius 3 is 2.83 bits per heavy atom. The normalized spacial score (nSPS) is 16.3. The Morgan fingerprint density at radius 2 is 2.17 bits per heavy atom. The first-order valence-electron chi connectivity index (χ1n) is 7.69. The first kappa shape index (κ1) is 19.4. The van der Waals surface area contributed by atoms with Crippen molar-refractivity contribution in [3.05, 3.63) is 12.3 Å². The number of aromatic nitrogens is 2. The van der Waals surface area contributed by atoms with E-state index >= 15 is 0 Å². The number of nitrogens with one attached hydrogen (secondary N) is 2. The van der Waals surface area contributed by atoms with Gasteiger partial charge in [-0.25, -0.2) is 0 Å². The number of piperidine rings is 1. The van der Waals surface area contributed by atoms with Crippen molar-refractivity contribution in [1.29, 1.82) is 0 Å². The molecule has 2 heterocycles. The highest BCUT2D eigenvalue weighted by atomic mass is 35.5. The van der Waals surface area contributed by atoms with E-state index in [0.717, 1.165) is 25.9 Å². The number of ether oxygens (including phenoxy) is 1. The lowest BCUT2D eigenvalue weighted by molar-refractivity contribution is -0.141. The van der Waals surface area contributed by atoms with Crippen molar-refractivity contribution in [2.24, 2.45) is 11.8 Å². The summed E-state index contributed by atoms with van der Waals surface area (Å²) in [5.41, 5.74) is 0. The maximum absolute atomic E-state index is 12.1. The van der Waals surface area contributed by atoms with Crippen LogP contribution in [0.3, 0.4) is 0 Å². The van der Waals surface area contributed by atoms with E-state index in [4.69, 9.17) is 0 Å². The summed E-state index contributed by atoms with van der Waals surface area (Å²) in [6.07, 6.45) is 4.39. The second kappa shape index (κ2) is 9.52. The zero-order valence-corrected chi connectivity index (χ0v) is 14.4. The van der Waals surface area contributed by atoms with Crippen LogP contribution in [0.4, 0.5) is 5.82 Å². The number of nitrogens with zero attached hydrogens (tertiary/aromatic N) is 2. The molecule has 2 N–H and O–H groups in total. The van der Waals surface area contributed by atoms with Gasteiger partial charge in [0, 0.05) is 18.7 Å². The minimum atomic E-state index is -0.375. The monoisotopic (exact) mass is 344 g/mol. The second-order valence-electron chi connectivity index (χ2n) is 5.79. The number of halogens is 1. The number of hydrogen-bond acceptors (Lipinski definition) is 5. The van der Waals surface area contributed by atoms with Crippen LogP contribution >= 0.6 is 12.4 Å². The summed E-state index contributed by atoms with van der Waals surface area (Å²) in [5.74, 6) is 1.02. The first-order chi connectivity index (χ1) is 10.6. The molecule has 7 nitrogen and oxygen atoms in total. The second-order valence-corrected chi connectivity index (χ2v) is 5.79. The molecule has 1 aliphatic heterocycles. The Labute approximate surface area is 142 Å². The maximum Gasteiger partial charge on any atom is 0.327 e. The van der Waals surface area contributed by atoms with E-state index in [1.165, 1.54) is 11.8 Å². The molecule has 8 heteroatoms. The molecule has 1 unspecified atom stereocenters. The molecule has 1 aliphatic rings. The van der Waals surface area contributed by atoms with Crippen LogP contribution in [-0.4, -0.2) is 41.9 Å². The lowest BCUT2D eigenvalue weighted by Gasteiger charge is -2.27. The van der Waals surface area contributed by atoms with Gasteiger partial charge in [-0.2, -0.15) is 5.10 Å². The van der Waals surface area contributed by atoms with E-state index in [1.807, 2.05) is 0 Å². The molecule has 0 spiro atoms. The average molecular weight is 345 g/mol. The van der Waals surface area contributed by atoms with Crippen molar-refractivity contribution in [3.63, 3.8) is 0 Å². The smallest absolute Gasteiger partial charge is 0.327 e. The van der Waals surface area contributed by atoms with E-state index in [2.05, 4.69) is 27.4 Å². The predicted octanol–water partition coefficient (Wildman–Crippen LogP) is 1.44. The Kier molecular flexibility index (Phi) is 8.05. The Hall–Kier alpha value is -1.60. The number of rotatable bonds is 6. The molecule has 1 atom stereocenters. The quantitative estimate of drug-likeness (QED) is 0.763. The summed E-state index contributed by atoms with van der Waals surface area (Å²) < 4.78 is 6.01. The van der Waals surface area contributed by atoms with Crippen molar-refractivity contribution in [1.82, 2.24) is 15.1 Å². The molecule has 0 aromatic carbocycles. The largest absolute Gasteiger partial charge is 0.468 e. The standard InChI is InChI=1S/C15H24N4O3.ClH/c1-11(12-3-6-16-7-4-12)9-14(20)17-13-5-8-19(18-13)10-15(21)22-2;/h5,8,11-12,16H,3-4,6-7,9-10H2,1-2H3,(H,17,18,20);1H. The molecule has 0 aliphatic carbocycles. The van der Waals surface area contributed by atoms with Crippen LogP contribution in [0.15, 0.2) is 12.3 Å². The van der Waals surface area contributed by atoms with Gasteiger partial charge in [-0.1, -0.05) is 6.92 Å².